The Kier molecular flexibility index (Phi) is 5.76. The van der Waals surface area contributed by atoms with E-state index in [1.165, 1.54) is 16.4 Å². The first-order chi connectivity index (χ1) is 14.1. The van der Waals surface area contributed by atoms with Gasteiger partial charge in [-0.15, -0.1) is 15.0 Å². The van der Waals surface area contributed by atoms with E-state index in [0.29, 0.717) is 11.2 Å². The number of benzene rings is 2. The van der Waals surface area contributed by atoms with Crippen LogP contribution in [-0.4, -0.2) is 28.2 Å². The highest BCUT2D eigenvalue weighted by Gasteiger charge is 2.33. The van der Waals surface area contributed by atoms with Gasteiger partial charge in [-0.1, -0.05) is 53.8 Å². The predicted molar refractivity (Wildman–Crippen MR) is 121 cm³/mol. The fraction of sp³-hybridized carbons (Fsp3) is 0.478. The molecule has 0 saturated carbocycles. The van der Waals surface area contributed by atoms with E-state index in [-0.39, 0.29) is 16.7 Å². The molecule has 31 heavy (non-hydrogen) atoms. The lowest BCUT2D eigenvalue weighted by Gasteiger charge is -2.31. The monoisotopic (exact) mass is 449 g/mol. The fourth-order valence-corrected chi connectivity index (χ4v) is 6.04. The summed E-state index contributed by atoms with van der Waals surface area (Å²) < 4.78 is 39.3. The zero-order valence-electron chi connectivity index (χ0n) is 19.1. The number of nitrogens with zero attached hydrogens (tertiary/aromatic N) is 3. The van der Waals surface area contributed by atoms with Crippen LogP contribution in [0.5, 0.6) is 5.75 Å². The van der Waals surface area contributed by atoms with Crippen molar-refractivity contribution in [3.8, 4) is 11.4 Å². The van der Waals surface area contributed by atoms with Gasteiger partial charge in [0.2, 0.25) is 0 Å². The molecule has 0 aliphatic rings. The van der Waals surface area contributed by atoms with Gasteiger partial charge in [0.25, 0.3) is 0 Å². The second-order valence-electron chi connectivity index (χ2n) is 10.1. The number of hydrogen-bond acceptors (Lipinski definition) is 3. The van der Waals surface area contributed by atoms with E-state index < -0.39 is 19.8 Å². The molecule has 0 amide bonds. The Morgan fingerprint density at radius 2 is 1.61 bits per heavy atom. The van der Waals surface area contributed by atoms with E-state index >= 15 is 0 Å². The summed E-state index contributed by atoms with van der Waals surface area (Å²) in [5, 5.41) is 21.0. The molecule has 0 bridgehead atoms. The van der Waals surface area contributed by atoms with Crippen LogP contribution in [0.1, 0.15) is 50.8 Å². The zero-order chi connectivity index (χ0) is 23.4. The van der Waals surface area contributed by atoms with Crippen LogP contribution in [0.15, 0.2) is 24.3 Å². The van der Waals surface area contributed by atoms with Crippen LogP contribution in [0.2, 0.25) is 19.6 Å². The average molecular weight is 450 g/mol. The Balaban J connectivity index is 2.33. The standard InChI is InChI=1S/C23H30F3N3OSi/c1-8-9-15-16(22(2,3)4)13-19(20(30)21(15)31(5,6)7)29-27-17-11-10-14(23(24,25)26)12-18(17)28-29/h10-13,30H,8-9H2,1-7H3. The Morgan fingerprint density at radius 3 is 2.13 bits per heavy atom. The molecule has 0 aliphatic heterocycles. The summed E-state index contributed by atoms with van der Waals surface area (Å²) in [6.07, 6.45) is -2.65. The molecule has 3 aromatic rings. The lowest BCUT2D eigenvalue weighted by molar-refractivity contribution is -0.137. The van der Waals surface area contributed by atoms with E-state index in [0.717, 1.165) is 35.7 Å². The first kappa shape index (κ1) is 23.3. The molecule has 0 spiro atoms. The number of aromatic nitrogens is 3. The van der Waals surface area contributed by atoms with Gasteiger partial charge < -0.3 is 5.11 Å². The Bertz CT molecular complexity index is 1120. The quantitative estimate of drug-likeness (QED) is 0.502. The largest absolute Gasteiger partial charge is 0.506 e. The molecule has 4 nitrogen and oxygen atoms in total. The summed E-state index contributed by atoms with van der Waals surface area (Å²) >= 11 is 0. The molecule has 0 radical (unpaired) electrons. The number of phenolic OH excluding ortho intramolecular Hbond substituents is 1. The molecular weight excluding hydrogens is 419 g/mol. The minimum atomic E-state index is -4.45. The van der Waals surface area contributed by atoms with E-state index in [4.69, 9.17) is 0 Å². The molecule has 1 aromatic heterocycles. The topological polar surface area (TPSA) is 50.9 Å². The van der Waals surface area contributed by atoms with Gasteiger partial charge >= 0.3 is 6.18 Å². The van der Waals surface area contributed by atoms with Gasteiger partial charge in [0.05, 0.1) is 13.6 Å². The van der Waals surface area contributed by atoms with Gasteiger partial charge in [-0.25, -0.2) is 0 Å². The maximum absolute atomic E-state index is 13.1. The lowest BCUT2D eigenvalue weighted by atomic mass is 9.82. The van der Waals surface area contributed by atoms with Crippen molar-refractivity contribution in [2.45, 2.75) is 71.8 Å². The molecule has 0 aliphatic carbocycles. The van der Waals surface area contributed by atoms with Crippen LogP contribution >= 0.6 is 0 Å². The average Bonchev–Trinajstić information content (AvgIpc) is 3.02. The van der Waals surface area contributed by atoms with Gasteiger partial charge in [0.1, 0.15) is 22.5 Å². The first-order valence-corrected chi connectivity index (χ1v) is 14.0. The van der Waals surface area contributed by atoms with Crippen LogP contribution in [-0.2, 0) is 18.0 Å². The first-order valence-electron chi connectivity index (χ1n) is 10.5. The third kappa shape index (κ3) is 4.49. The number of phenols is 1. The molecule has 0 unspecified atom stereocenters. The molecule has 1 N–H and O–H groups in total. The fourth-order valence-electron chi connectivity index (χ4n) is 4.04. The van der Waals surface area contributed by atoms with Crippen molar-refractivity contribution < 1.29 is 18.3 Å². The molecule has 8 heteroatoms. The SMILES string of the molecule is CCCc1c(C(C)(C)C)cc(-n2nc3ccc(C(F)(F)F)cc3n2)c(O)c1[Si](C)(C)C. The van der Waals surface area contributed by atoms with Crippen LogP contribution in [0, 0.1) is 0 Å². The number of alkyl halides is 3. The summed E-state index contributed by atoms with van der Waals surface area (Å²) in [5.41, 5.74) is 2.22. The highest BCUT2D eigenvalue weighted by atomic mass is 28.3. The Hall–Kier alpha value is -2.35. The Labute approximate surface area is 182 Å². The minimum absolute atomic E-state index is 0.131. The predicted octanol–water partition coefficient (Wildman–Crippen LogP) is 5.94. The number of aromatic hydroxyl groups is 1. The summed E-state index contributed by atoms with van der Waals surface area (Å²) in [4.78, 5) is 1.27. The van der Waals surface area contributed by atoms with Crippen molar-refractivity contribution in [1.82, 2.24) is 15.0 Å². The maximum Gasteiger partial charge on any atom is 0.416 e. The van der Waals surface area contributed by atoms with Crippen molar-refractivity contribution in [2.75, 3.05) is 0 Å². The molecule has 168 valence electrons. The van der Waals surface area contributed by atoms with Gasteiger partial charge in [-0.3, -0.25) is 0 Å². The highest BCUT2D eigenvalue weighted by Crippen LogP contribution is 2.35. The highest BCUT2D eigenvalue weighted by molar-refractivity contribution is 6.89. The van der Waals surface area contributed by atoms with Crippen LogP contribution in [0.4, 0.5) is 13.2 Å². The molecule has 3 rings (SSSR count). The van der Waals surface area contributed by atoms with Crippen molar-refractivity contribution >= 4 is 24.3 Å². The minimum Gasteiger partial charge on any atom is -0.506 e. The van der Waals surface area contributed by atoms with Crippen LogP contribution < -0.4 is 5.19 Å². The van der Waals surface area contributed by atoms with Crippen molar-refractivity contribution in [3.63, 3.8) is 0 Å². The van der Waals surface area contributed by atoms with Crippen molar-refractivity contribution in [1.29, 1.82) is 0 Å². The lowest BCUT2D eigenvalue weighted by Crippen LogP contribution is -2.42. The zero-order valence-corrected chi connectivity index (χ0v) is 20.1. The second kappa shape index (κ2) is 7.65. The number of halogens is 3. The number of fused-ring (bicyclic) bond motifs is 1. The van der Waals surface area contributed by atoms with Crippen molar-refractivity contribution in [2.24, 2.45) is 0 Å². The molecular formula is C23H30F3N3OSi. The summed E-state index contributed by atoms with van der Waals surface area (Å²) in [6, 6.07) is 5.20. The third-order valence-corrected chi connectivity index (χ3v) is 7.41. The molecule has 0 fully saturated rings. The summed E-state index contributed by atoms with van der Waals surface area (Å²) in [7, 11) is -1.97. The van der Waals surface area contributed by atoms with E-state index in [2.05, 4.69) is 57.5 Å². The smallest absolute Gasteiger partial charge is 0.416 e. The van der Waals surface area contributed by atoms with Crippen molar-refractivity contribution in [3.05, 3.63) is 41.0 Å². The van der Waals surface area contributed by atoms with Gasteiger partial charge in [0, 0.05) is 0 Å². The summed E-state index contributed by atoms with van der Waals surface area (Å²) in [6.45, 7) is 15.0. The molecule has 0 saturated heterocycles. The van der Waals surface area contributed by atoms with Gasteiger partial charge in [-0.2, -0.15) is 13.2 Å². The van der Waals surface area contributed by atoms with Gasteiger partial charge in [0.15, 0.2) is 0 Å². The molecule has 0 atom stereocenters. The Morgan fingerprint density at radius 1 is 1.00 bits per heavy atom. The third-order valence-electron chi connectivity index (χ3n) is 5.37. The van der Waals surface area contributed by atoms with E-state index in [1.54, 1.807) is 0 Å². The normalized spacial score (nSPS) is 13.2. The number of rotatable bonds is 4. The maximum atomic E-state index is 13.1. The van der Waals surface area contributed by atoms with E-state index in [9.17, 15) is 18.3 Å². The number of hydrogen-bond donors (Lipinski definition) is 1. The summed E-state index contributed by atoms with van der Waals surface area (Å²) in [5.74, 6) is 0.131. The second-order valence-corrected chi connectivity index (χ2v) is 15.1. The van der Waals surface area contributed by atoms with Gasteiger partial charge in [-0.05, 0) is 52.4 Å². The van der Waals surface area contributed by atoms with Crippen LogP contribution in [0.25, 0.3) is 16.7 Å². The van der Waals surface area contributed by atoms with E-state index in [1.807, 2.05) is 6.07 Å². The molecule has 1 heterocycles. The molecule has 2 aromatic carbocycles. The van der Waals surface area contributed by atoms with Crippen LogP contribution in [0.3, 0.4) is 0 Å².